The molecular weight excluding hydrogens is 267 g/mol. The third-order valence-corrected chi connectivity index (χ3v) is 3.38. The first-order chi connectivity index (χ1) is 9.11. The molecule has 0 bridgehead atoms. The molecule has 1 aromatic carbocycles. The Morgan fingerprint density at radius 3 is 2.89 bits per heavy atom. The van der Waals surface area contributed by atoms with Crippen molar-refractivity contribution in [2.75, 3.05) is 0 Å². The van der Waals surface area contributed by atoms with Gasteiger partial charge in [0.25, 0.3) is 0 Å². The normalized spacial score (nSPS) is 12.6. The van der Waals surface area contributed by atoms with Crippen LogP contribution in [0.4, 0.5) is 4.39 Å². The van der Waals surface area contributed by atoms with Crippen molar-refractivity contribution in [1.29, 1.82) is 0 Å². The standard InChI is InChI=1S/C13H16ClFN4/c1-19-6-5-17-12(19)8-10(18-16)7-9-3-2-4-11(14)13(9)15/h2-6,10,18H,7-8,16H2,1H3. The van der Waals surface area contributed by atoms with Crippen LogP contribution in [0, 0.1) is 5.82 Å². The molecule has 0 aliphatic heterocycles. The Bertz CT molecular complexity index is 555. The summed E-state index contributed by atoms with van der Waals surface area (Å²) in [6.45, 7) is 0. The number of benzene rings is 1. The Morgan fingerprint density at radius 1 is 1.47 bits per heavy atom. The Labute approximate surface area is 116 Å². The molecule has 3 N–H and O–H groups in total. The second-order valence-corrected chi connectivity index (χ2v) is 4.85. The zero-order valence-electron chi connectivity index (χ0n) is 10.6. The molecule has 19 heavy (non-hydrogen) atoms. The Balaban J connectivity index is 2.11. The maximum Gasteiger partial charge on any atom is 0.145 e. The molecule has 6 heteroatoms. The van der Waals surface area contributed by atoms with Crippen molar-refractivity contribution in [2.45, 2.75) is 18.9 Å². The van der Waals surface area contributed by atoms with Crippen LogP contribution in [0.2, 0.25) is 5.02 Å². The maximum atomic E-state index is 13.8. The summed E-state index contributed by atoms with van der Waals surface area (Å²) in [5, 5.41) is 0.130. The summed E-state index contributed by atoms with van der Waals surface area (Å²) in [5.41, 5.74) is 3.25. The summed E-state index contributed by atoms with van der Waals surface area (Å²) < 4.78 is 15.8. The molecule has 0 aliphatic carbocycles. The molecule has 0 spiro atoms. The van der Waals surface area contributed by atoms with Gasteiger partial charge in [0.2, 0.25) is 0 Å². The molecular formula is C13H16ClFN4. The van der Waals surface area contributed by atoms with Crippen LogP contribution in [0.1, 0.15) is 11.4 Å². The predicted molar refractivity (Wildman–Crippen MR) is 73.1 cm³/mol. The van der Waals surface area contributed by atoms with E-state index in [0.29, 0.717) is 18.4 Å². The van der Waals surface area contributed by atoms with Crippen LogP contribution < -0.4 is 11.3 Å². The van der Waals surface area contributed by atoms with Crippen LogP contribution in [0.3, 0.4) is 0 Å². The maximum absolute atomic E-state index is 13.8. The van der Waals surface area contributed by atoms with E-state index in [1.165, 1.54) is 6.07 Å². The highest BCUT2D eigenvalue weighted by Crippen LogP contribution is 2.19. The van der Waals surface area contributed by atoms with Crippen LogP contribution in [-0.4, -0.2) is 15.6 Å². The van der Waals surface area contributed by atoms with Crippen molar-refractivity contribution in [3.63, 3.8) is 0 Å². The molecule has 1 unspecified atom stereocenters. The summed E-state index contributed by atoms with van der Waals surface area (Å²) in [7, 11) is 1.91. The van der Waals surface area contributed by atoms with Gasteiger partial charge in [-0.2, -0.15) is 0 Å². The van der Waals surface area contributed by atoms with E-state index in [0.717, 1.165) is 5.82 Å². The summed E-state index contributed by atoms with van der Waals surface area (Å²) in [4.78, 5) is 4.23. The number of halogens is 2. The predicted octanol–water partition coefficient (Wildman–Crippen LogP) is 1.83. The van der Waals surface area contributed by atoms with Crippen molar-refractivity contribution >= 4 is 11.6 Å². The molecule has 2 rings (SSSR count). The highest BCUT2D eigenvalue weighted by molar-refractivity contribution is 6.30. The van der Waals surface area contributed by atoms with Gasteiger partial charge in [-0.1, -0.05) is 23.7 Å². The number of imidazole rings is 1. The van der Waals surface area contributed by atoms with Crippen LogP contribution in [0.15, 0.2) is 30.6 Å². The number of aromatic nitrogens is 2. The SMILES string of the molecule is Cn1ccnc1CC(Cc1cccc(Cl)c1F)NN. The van der Waals surface area contributed by atoms with Gasteiger partial charge >= 0.3 is 0 Å². The van der Waals surface area contributed by atoms with Gasteiger partial charge in [-0.25, -0.2) is 9.37 Å². The van der Waals surface area contributed by atoms with Gasteiger partial charge in [0.05, 0.1) is 5.02 Å². The quantitative estimate of drug-likeness (QED) is 0.650. The van der Waals surface area contributed by atoms with Crippen LogP contribution in [0.5, 0.6) is 0 Å². The lowest BCUT2D eigenvalue weighted by molar-refractivity contribution is 0.492. The highest BCUT2D eigenvalue weighted by atomic mass is 35.5. The summed E-state index contributed by atoms with van der Waals surface area (Å²) >= 11 is 5.77. The monoisotopic (exact) mass is 282 g/mol. The minimum absolute atomic E-state index is 0.103. The summed E-state index contributed by atoms with van der Waals surface area (Å²) in [6.07, 6.45) is 4.66. The zero-order valence-corrected chi connectivity index (χ0v) is 11.4. The first-order valence-corrected chi connectivity index (χ1v) is 6.35. The smallest absolute Gasteiger partial charge is 0.145 e. The van der Waals surface area contributed by atoms with Gasteiger partial charge in [0.1, 0.15) is 11.6 Å². The Morgan fingerprint density at radius 2 is 2.26 bits per heavy atom. The van der Waals surface area contributed by atoms with Crippen LogP contribution in [0.25, 0.3) is 0 Å². The number of hydrazine groups is 1. The average Bonchev–Trinajstić information content (AvgIpc) is 2.79. The molecule has 102 valence electrons. The minimum Gasteiger partial charge on any atom is -0.338 e. The van der Waals surface area contributed by atoms with E-state index >= 15 is 0 Å². The lowest BCUT2D eigenvalue weighted by Gasteiger charge is -2.16. The molecule has 0 amide bonds. The van der Waals surface area contributed by atoms with E-state index in [4.69, 9.17) is 17.4 Å². The first kappa shape index (κ1) is 14.0. The van der Waals surface area contributed by atoms with Gasteiger partial charge < -0.3 is 4.57 Å². The van der Waals surface area contributed by atoms with Gasteiger partial charge in [0, 0.05) is 31.9 Å². The number of aryl methyl sites for hydroxylation is 1. The van der Waals surface area contributed by atoms with Crippen molar-refractivity contribution in [3.05, 3.63) is 52.8 Å². The molecule has 0 fully saturated rings. The van der Waals surface area contributed by atoms with Crippen molar-refractivity contribution in [1.82, 2.24) is 15.0 Å². The number of nitrogens with zero attached hydrogens (tertiary/aromatic N) is 2. The largest absolute Gasteiger partial charge is 0.338 e. The van der Waals surface area contributed by atoms with Crippen molar-refractivity contribution < 1.29 is 4.39 Å². The number of nitrogens with one attached hydrogen (secondary N) is 1. The fraction of sp³-hybridized carbons (Fsp3) is 0.308. The Kier molecular flexibility index (Phi) is 4.52. The van der Waals surface area contributed by atoms with Crippen LogP contribution >= 0.6 is 11.6 Å². The van der Waals surface area contributed by atoms with Gasteiger partial charge in [0.15, 0.2) is 0 Å². The van der Waals surface area contributed by atoms with E-state index in [2.05, 4.69) is 10.4 Å². The molecule has 1 atom stereocenters. The molecule has 4 nitrogen and oxygen atoms in total. The molecule has 1 aromatic heterocycles. The average molecular weight is 283 g/mol. The fourth-order valence-electron chi connectivity index (χ4n) is 1.98. The van der Waals surface area contributed by atoms with Gasteiger partial charge in [-0.05, 0) is 18.1 Å². The molecule has 0 saturated carbocycles. The molecule has 1 heterocycles. The third-order valence-electron chi connectivity index (χ3n) is 3.08. The van der Waals surface area contributed by atoms with Crippen LogP contribution in [-0.2, 0) is 19.9 Å². The van der Waals surface area contributed by atoms with Crippen molar-refractivity contribution in [3.8, 4) is 0 Å². The Hall–Kier alpha value is -1.43. The molecule has 0 saturated heterocycles. The highest BCUT2D eigenvalue weighted by Gasteiger charge is 2.15. The third kappa shape index (κ3) is 3.32. The topological polar surface area (TPSA) is 55.9 Å². The van der Waals surface area contributed by atoms with E-state index in [1.54, 1.807) is 18.3 Å². The minimum atomic E-state index is -0.385. The number of hydrogen-bond donors (Lipinski definition) is 2. The zero-order chi connectivity index (χ0) is 13.8. The summed E-state index contributed by atoms with van der Waals surface area (Å²) in [6, 6.07) is 4.87. The number of hydrogen-bond acceptors (Lipinski definition) is 3. The number of nitrogens with two attached hydrogens (primary N) is 1. The first-order valence-electron chi connectivity index (χ1n) is 5.97. The molecule has 2 aromatic rings. The van der Waals surface area contributed by atoms with E-state index < -0.39 is 0 Å². The lowest BCUT2D eigenvalue weighted by atomic mass is 10.0. The summed E-state index contributed by atoms with van der Waals surface area (Å²) in [5.74, 6) is 6.04. The van der Waals surface area contributed by atoms with Gasteiger partial charge in [-0.3, -0.25) is 11.3 Å². The van der Waals surface area contributed by atoms with Gasteiger partial charge in [-0.15, -0.1) is 0 Å². The van der Waals surface area contributed by atoms with Crippen molar-refractivity contribution in [2.24, 2.45) is 12.9 Å². The van der Waals surface area contributed by atoms with E-state index in [-0.39, 0.29) is 16.9 Å². The lowest BCUT2D eigenvalue weighted by Crippen LogP contribution is -2.39. The molecule has 0 radical (unpaired) electrons. The second-order valence-electron chi connectivity index (χ2n) is 4.44. The van der Waals surface area contributed by atoms with E-state index in [9.17, 15) is 4.39 Å². The molecule has 0 aliphatic rings. The second kappa shape index (κ2) is 6.14. The number of rotatable bonds is 5. The fourth-order valence-corrected chi connectivity index (χ4v) is 2.17. The van der Waals surface area contributed by atoms with E-state index in [1.807, 2.05) is 17.8 Å².